The van der Waals surface area contributed by atoms with Gasteiger partial charge in [0.15, 0.2) is 11.5 Å². The minimum atomic E-state index is -0.251. The molecule has 0 spiro atoms. The maximum Gasteiger partial charge on any atom is 0.311 e. The van der Waals surface area contributed by atoms with Crippen LogP contribution < -0.4 is 9.47 Å². The fraction of sp³-hybridized carbons (Fsp3) is 0.724. The van der Waals surface area contributed by atoms with Crippen LogP contribution in [0.1, 0.15) is 135 Å². The Bertz CT molecular complexity index is 653. The molecule has 0 atom stereocenters. The van der Waals surface area contributed by atoms with Gasteiger partial charge in [0.1, 0.15) is 0 Å². The summed E-state index contributed by atoms with van der Waals surface area (Å²) in [6.45, 7) is 6.54. The molecular formula is C29H48O4. The van der Waals surface area contributed by atoms with Crippen molar-refractivity contribution in [3.05, 3.63) is 23.8 Å². The third kappa shape index (κ3) is 14.1. The highest BCUT2D eigenvalue weighted by Crippen LogP contribution is 2.33. The number of hydrogen-bond donors (Lipinski definition) is 0. The Morgan fingerprint density at radius 1 is 0.606 bits per heavy atom. The third-order valence-electron chi connectivity index (χ3n) is 6.02. The summed E-state index contributed by atoms with van der Waals surface area (Å²) in [6, 6.07) is 5.64. The number of carbonyl (C=O) groups excluding carboxylic acids is 2. The number of esters is 2. The normalized spacial score (nSPS) is 10.9. The first-order chi connectivity index (χ1) is 16.1. The van der Waals surface area contributed by atoms with Gasteiger partial charge in [-0.2, -0.15) is 0 Å². The van der Waals surface area contributed by atoms with Crippen molar-refractivity contribution in [2.45, 2.75) is 136 Å². The highest BCUT2D eigenvalue weighted by molar-refractivity contribution is 5.76. The van der Waals surface area contributed by atoms with Gasteiger partial charge in [-0.05, 0) is 37.3 Å². The molecule has 0 aliphatic carbocycles. The zero-order valence-electron chi connectivity index (χ0n) is 21.6. The van der Waals surface area contributed by atoms with E-state index in [1.54, 1.807) is 6.07 Å². The number of unbranched alkanes of at least 4 members (excludes halogenated alkanes) is 12. The molecule has 0 heterocycles. The Morgan fingerprint density at radius 3 is 1.67 bits per heavy atom. The molecule has 0 aliphatic rings. The van der Waals surface area contributed by atoms with E-state index in [1.165, 1.54) is 32.1 Å². The second kappa shape index (κ2) is 19.6. The Kier molecular flexibility index (Phi) is 17.4. The lowest BCUT2D eigenvalue weighted by Crippen LogP contribution is -2.13. The summed E-state index contributed by atoms with van der Waals surface area (Å²) >= 11 is 0. The molecule has 33 heavy (non-hydrogen) atoms. The smallest absolute Gasteiger partial charge is 0.311 e. The number of carbonyl (C=O) groups is 2. The van der Waals surface area contributed by atoms with Crippen LogP contribution in [0.25, 0.3) is 0 Å². The number of para-hydroxylation sites is 1. The van der Waals surface area contributed by atoms with E-state index in [2.05, 4.69) is 20.8 Å². The quantitative estimate of drug-likeness (QED) is 0.111. The van der Waals surface area contributed by atoms with Gasteiger partial charge in [0, 0.05) is 12.8 Å². The van der Waals surface area contributed by atoms with Gasteiger partial charge in [0.2, 0.25) is 0 Å². The number of aryl methyl sites for hydroxylation is 1. The number of benzene rings is 1. The van der Waals surface area contributed by atoms with Crippen molar-refractivity contribution in [1.29, 1.82) is 0 Å². The molecule has 4 nitrogen and oxygen atoms in total. The van der Waals surface area contributed by atoms with E-state index in [0.29, 0.717) is 24.3 Å². The molecule has 0 amide bonds. The van der Waals surface area contributed by atoms with Gasteiger partial charge in [0.05, 0.1) is 0 Å². The first-order valence-corrected chi connectivity index (χ1v) is 13.7. The first-order valence-electron chi connectivity index (χ1n) is 13.7. The Morgan fingerprint density at radius 2 is 1.09 bits per heavy atom. The molecule has 1 aromatic carbocycles. The fourth-order valence-electron chi connectivity index (χ4n) is 3.96. The third-order valence-corrected chi connectivity index (χ3v) is 6.02. The predicted molar refractivity (Wildman–Crippen MR) is 137 cm³/mol. The molecule has 1 rings (SSSR count). The number of ether oxygens (including phenoxy) is 2. The van der Waals surface area contributed by atoms with Crippen molar-refractivity contribution in [1.82, 2.24) is 0 Å². The van der Waals surface area contributed by atoms with Gasteiger partial charge in [-0.3, -0.25) is 9.59 Å². The van der Waals surface area contributed by atoms with Crippen LogP contribution in [-0.4, -0.2) is 11.9 Å². The monoisotopic (exact) mass is 460 g/mol. The van der Waals surface area contributed by atoms with Crippen LogP contribution >= 0.6 is 0 Å². The van der Waals surface area contributed by atoms with Crippen LogP contribution in [0.2, 0.25) is 0 Å². The molecule has 0 saturated carbocycles. The van der Waals surface area contributed by atoms with Crippen molar-refractivity contribution < 1.29 is 19.1 Å². The van der Waals surface area contributed by atoms with Crippen molar-refractivity contribution in [3.8, 4) is 11.5 Å². The summed E-state index contributed by atoms with van der Waals surface area (Å²) in [4.78, 5) is 24.9. The van der Waals surface area contributed by atoms with Crippen molar-refractivity contribution in [2.24, 2.45) is 0 Å². The maximum atomic E-state index is 12.5. The van der Waals surface area contributed by atoms with Gasteiger partial charge >= 0.3 is 11.9 Å². The van der Waals surface area contributed by atoms with Gasteiger partial charge in [-0.25, -0.2) is 0 Å². The Balaban J connectivity index is 2.74. The molecule has 0 N–H and O–H groups in total. The largest absolute Gasteiger partial charge is 0.423 e. The van der Waals surface area contributed by atoms with E-state index >= 15 is 0 Å². The Labute approximate surface area is 202 Å². The summed E-state index contributed by atoms with van der Waals surface area (Å²) in [5, 5.41) is 0. The number of rotatable bonds is 20. The second-order valence-electron chi connectivity index (χ2n) is 9.19. The lowest BCUT2D eigenvalue weighted by atomic mass is 10.0. The SMILES string of the molecule is CCCCCCCCCc1cccc(OC(=O)CCCCCC)c1OC(=O)CCCCCC. The molecule has 0 saturated heterocycles. The fourth-order valence-corrected chi connectivity index (χ4v) is 3.96. The summed E-state index contributed by atoms with van der Waals surface area (Å²) in [6.07, 6.45) is 18.5. The summed E-state index contributed by atoms with van der Waals surface area (Å²) in [5.74, 6) is 0.349. The predicted octanol–water partition coefficient (Wildman–Crippen LogP) is 8.73. The lowest BCUT2D eigenvalue weighted by Gasteiger charge is -2.15. The van der Waals surface area contributed by atoms with Gasteiger partial charge in [-0.15, -0.1) is 0 Å². The molecule has 1 aromatic rings. The van der Waals surface area contributed by atoms with Crippen LogP contribution in [0, 0.1) is 0 Å². The van der Waals surface area contributed by atoms with Gasteiger partial charge < -0.3 is 9.47 Å². The average molecular weight is 461 g/mol. The maximum absolute atomic E-state index is 12.5. The minimum absolute atomic E-state index is 0.238. The van der Waals surface area contributed by atoms with E-state index in [1.807, 2.05) is 12.1 Å². The standard InChI is InChI=1S/C29H48O4/c1-4-7-10-13-14-15-16-20-25-21-19-22-26(32-27(30)23-17-11-8-5-2)29(25)33-28(31)24-18-12-9-6-3/h19,21-22H,4-18,20,23-24H2,1-3H3. The van der Waals surface area contributed by atoms with Gasteiger partial charge in [-0.1, -0.05) is 110 Å². The van der Waals surface area contributed by atoms with Crippen LogP contribution in [-0.2, 0) is 16.0 Å². The van der Waals surface area contributed by atoms with Gasteiger partial charge in [0.25, 0.3) is 0 Å². The van der Waals surface area contributed by atoms with Crippen molar-refractivity contribution in [3.63, 3.8) is 0 Å². The van der Waals surface area contributed by atoms with E-state index in [-0.39, 0.29) is 11.9 Å². The molecule has 0 aliphatic heterocycles. The zero-order valence-corrected chi connectivity index (χ0v) is 21.6. The van der Waals surface area contributed by atoms with Crippen LogP contribution in [0.3, 0.4) is 0 Å². The molecule has 0 radical (unpaired) electrons. The van der Waals surface area contributed by atoms with Crippen LogP contribution in [0.15, 0.2) is 18.2 Å². The summed E-state index contributed by atoms with van der Waals surface area (Å²) < 4.78 is 11.5. The zero-order chi connectivity index (χ0) is 24.2. The van der Waals surface area contributed by atoms with Crippen molar-refractivity contribution >= 4 is 11.9 Å². The Hall–Kier alpha value is -1.84. The molecule has 4 heteroatoms. The van der Waals surface area contributed by atoms with Crippen LogP contribution in [0.5, 0.6) is 11.5 Å². The molecule has 0 aromatic heterocycles. The first kappa shape index (κ1) is 29.2. The van der Waals surface area contributed by atoms with E-state index in [0.717, 1.165) is 76.2 Å². The highest BCUT2D eigenvalue weighted by Gasteiger charge is 2.17. The molecule has 0 fully saturated rings. The number of hydrogen-bond acceptors (Lipinski definition) is 4. The van der Waals surface area contributed by atoms with Crippen molar-refractivity contribution in [2.75, 3.05) is 0 Å². The summed E-state index contributed by atoms with van der Waals surface area (Å²) in [7, 11) is 0. The second-order valence-corrected chi connectivity index (χ2v) is 9.19. The molecule has 0 bridgehead atoms. The topological polar surface area (TPSA) is 52.6 Å². The molecule has 0 unspecified atom stereocenters. The minimum Gasteiger partial charge on any atom is -0.423 e. The highest BCUT2D eigenvalue weighted by atomic mass is 16.6. The van der Waals surface area contributed by atoms with E-state index in [4.69, 9.17) is 9.47 Å². The molecular weight excluding hydrogens is 412 g/mol. The van der Waals surface area contributed by atoms with E-state index < -0.39 is 0 Å². The van der Waals surface area contributed by atoms with E-state index in [9.17, 15) is 9.59 Å². The van der Waals surface area contributed by atoms with Crippen LogP contribution in [0.4, 0.5) is 0 Å². The summed E-state index contributed by atoms with van der Waals surface area (Å²) in [5.41, 5.74) is 0.960. The lowest BCUT2D eigenvalue weighted by molar-refractivity contribution is -0.137. The molecule has 188 valence electrons. The average Bonchev–Trinajstić information content (AvgIpc) is 2.81.